The molecule has 0 aliphatic carbocycles. The van der Waals surface area contributed by atoms with Gasteiger partial charge in [-0.2, -0.15) is 5.26 Å². The van der Waals surface area contributed by atoms with Crippen molar-refractivity contribution in [2.45, 2.75) is 18.6 Å². The fraction of sp³-hybridized carbons (Fsp3) is 0.190. The number of halogens is 2. The van der Waals surface area contributed by atoms with Crippen molar-refractivity contribution in [3.05, 3.63) is 74.2 Å². The third kappa shape index (κ3) is 4.27. The third-order valence-corrected chi connectivity index (χ3v) is 6.58. The zero-order chi connectivity index (χ0) is 21.1. The molecule has 1 atom stereocenters. The van der Waals surface area contributed by atoms with Gasteiger partial charge in [0.15, 0.2) is 0 Å². The summed E-state index contributed by atoms with van der Waals surface area (Å²) in [5.41, 5.74) is 2.26. The SMILES string of the molecule is CNC(=O)/C(C#N)=C1/S[C@H](Cc2cccc(Cl)c2Cl)C(=O)N1c1ccc(C)cc1. The molecule has 2 aromatic rings. The Morgan fingerprint density at radius 2 is 1.93 bits per heavy atom. The summed E-state index contributed by atoms with van der Waals surface area (Å²) in [5.74, 6) is -0.761. The molecule has 1 heterocycles. The number of hydrogen-bond acceptors (Lipinski definition) is 4. The topological polar surface area (TPSA) is 73.2 Å². The predicted molar refractivity (Wildman–Crippen MR) is 117 cm³/mol. The van der Waals surface area contributed by atoms with Gasteiger partial charge in [-0.15, -0.1) is 0 Å². The Labute approximate surface area is 183 Å². The van der Waals surface area contributed by atoms with Gasteiger partial charge in [0.05, 0.1) is 15.3 Å². The van der Waals surface area contributed by atoms with E-state index in [1.54, 1.807) is 24.3 Å². The summed E-state index contributed by atoms with van der Waals surface area (Å²) in [4.78, 5) is 27.0. The molecule has 2 aromatic carbocycles. The maximum Gasteiger partial charge on any atom is 0.264 e. The van der Waals surface area contributed by atoms with E-state index in [9.17, 15) is 14.9 Å². The van der Waals surface area contributed by atoms with Crippen molar-refractivity contribution >= 4 is 52.5 Å². The molecule has 0 aromatic heterocycles. The van der Waals surface area contributed by atoms with Crippen LogP contribution in [0.15, 0.2) is 53.1 Å². The van der Waals surface area contributed by atoms with Crippen LogP contribution < -0.4 is 10.2 Å². The number of nitriles is 1. The summed E-state index contributed by atoms with van der Waals surface area (Å²) >= 11 is 13.6. The lowest BCUT2D eigenvalue weighted by molar-refractivity contribution is -0.117. The molecule has 1 aliphatic rings. The van der Waals surface area contributed by atoms with Gasteiger partial charge in [0.25, 0.3) is 5.91 Å². The van der Waals surface area contributed by atoms with Crippen molar-refractivity contribution in [1.29, 1.82) is 5.26 Å². The van der Waals surface area contributed by atoms with Crippen molar-refractivity contribution in [2.75, 3.05) is 11.9 Å². The van der Waals surface area contributed by atoms with Crippen LogP contribution in [-0.2, 0) is 16.0 Å². The second kappa shape index (κ2) is 8.91. The van der Waals surface area contributed by atoms with Gasteiger partial charge in [0, 0.05) is 12.7 Å². The van der Waals surface area contributed by atoms with E-state index >= 15 is 0 Å². The van der Waals surface area contributed by atoms with E-state index in [4.69, 9.17) is 23.2 Å². The highest BCUT2D eigenvalue weighted by atomic mass is 35.5. The zero-order valence-corrected chi connectivity index (χ0v) is 18.0. The number of amides is 2. The molecule has 1 N–H and O–H groups in total. The summed E-state index contributed by atoms with van der Waals surface area (Å²) in [6.45, 7) is 1.94. The number of benzene rings is 2. The maximum atomic E-state index is 13.3. The van der Waals surface area contributed by atoms with Crippen LogP contribution in [-0.4, -0.2) is 24.1 Å². The van der Waals surface area contributed by atoms with Gasteiger partial charge in [-0.3, -0.25) is 14.5 Å². The van der Waals surface area contributed by atoms with E-state index in [1.165, 1.54) is 23.7 Å². The smallest absolute Gasteiger partial charge is 0.264 e. The van der Waals surface area contributed by atoms with Crippen LogP contribution in [0.1, 0.15) is 11.1 Å². The van der Waals surface area contributed by atoms with E-state index < -0.39 is 11.2 Å². The Morgan fingerprint density at radius 3 is 2.55 bits per heavy atom. The minimum absolute atomic E-state index is 0.105. The fourth-order valence-corrected chi connectivity index (χ4v) is 4.64. The minimum atomic E-state index is -0.546. The van der Waals surface area contributed by atoms with Gasteiger partial charge in [-0.1, -0.05) is 64.8 Å². The molecule has 2 amide bonds. The summed E-state index contributed by atoms with van der Waals surface area (Å²) in [5, 5.41) is 12.6. The van der Waals surface area contributed by atoms with Gasteiger partial charge >= 0.3 is 0 Å². The molecule has 148 valence electrons. The largest absolute Gasteiger partial charge is 0.354 e. The molecule has 5 nitrogen and oxygen atoms in total. The molecular formula is C21H17Cl2N3O2S. The average Bonchev–Trinajstić information content (AvgIpc) is 3.02. The number of thioether (sulfide) groups is 1. The Balaban J connectivity index is 2.06. The highest BCUT2D eigenvalue weighted by Gasteiger charge is 2.41. The van der Waals surface area contributed by atoms with Gasteiger partial charge < -0.3 is 5.32 Å². The first kappa shape index (κ1) is 21.3. The van der Waals surface area contributed by atoms with Crippen LogP contribution in [0.5, 0.6) is 0 Å². The molecule has 0 radical (unpaired) electrons. The van der Waals surface area contributed by atoms with Crippen LogP contribution in [0.3, 0.4) is 0 Å². The van der Waals surface area contributed by atoms with Gasteiger partial charge in [0.2, 0.25) is 5.91 Å². The molecule has 29 heavy (non-hydrogen) atoms. The summed E-state index contributed by atoms with van der Waals surface area (Å²) in [7, 11) is 1.45. The van der Waals surface area contributed by atoms with Crippen molar-refractivity contribution in [1.82, 2.24) is 5.32 Å². The Morgan fingerprint density at radius 1 is 1.24 bits per heavy atom. The predicted octanol–water partition coefficient (Wildman–Crippen LogP) is 4.47. The van der Waals surface area contributed by atoms with Crippen LogP contribution in [0.25, 0.3) is 0 Å². The molecule has 0 bridgehead atoms. The Hall–Kier alpha value is -2.46. The Kier molecular flexibility index (Phi) is 6.53. The third-order valence-electron chi connectivity index (χ3n) is 4.46. The quantitative estimate of drug-likeness (QED) is 0.556. The van der Waals surface area contributed by atoms with Crippen molar-refractivity contribution in [2.24, 2.45) is 0 Å². The molecule has 0 saturated carbocycles. The van der Waals surface area contributed by atoms with Crippen molar-refractivity contribution in [3.8, 4) is 6.07 Å². The van der Waals surface area contributed by atoms with E-state index in [2.05, 4.69) is 5.32 Å². The molecule has 0 unspecified atom stereocenters. The number of carbonyl (C=O) groups excluding carboxylic acids is 2. The maximum absolute atomic E-state index is 13.3. The zero-order valence-electron chi connectivity index (χ0n) is 15.7. The first-order valence-electron chi connectivity index (χ1n) is 8.74. The van der Waals surface area contributed by atoms with E-state index in [1.807, 2.05) is 31.2 Å². The molecular weight excluding hydrogens is 429 g/mol. The number of carbonyl (C=O) groups is 2. The number of nitrogens with zero attached hydrogens (tertiary/aromatic N) is 2. The minimum Gasteiger partial charge on any atom is -0.354 e. The summed E-state index contributed by atoms with van der Waals surface area (Å²) in [6.07, 6.45) is 0.321. The van der Waals surface area contributed by atoms with E-state index in [0.717, 1.165) is 11.1 Å². The lowest BCUT2D eigenvalue weighted by Gasteiger charge is -2.18. The summed E-state index contributed by atoms with van der Waals surface area (Å²) in [6, 6.07) is 14.5. The van der Waals surface area contributed by atoms with Gasteiger partial charge in [-0.25, -0.2) is 0 Å². The molecule has 1 aliphatic heterocycles. The molecule has 1 fully saturated rings. The van der Waals surface area contributed by atoms with Crippen molar-refractivity contribution < 1.29 is 9.59 Å². The number of likely N-dealkylation sites (N-methyl/N-ethyl adjacent to an activating group) is 1. The number of anilines is 1. The van der Waals surface area contributed by atoms with Crippen LogP contribution >= 0.6 is 35.0 Å². The first-order valence-corrected chi connectivity index (χ1v) is 10.4. The highest BCUT2D eigenvalue weighted by Crippen LogP contribution is 2.42. The van der Waals surface area contributed by atoms with E-state index in [-0.39, 0.29) is 11.5 Å². The second-order valence-corrected chi connectivity index (χ2v) is 8.38. The van der Waals surface area contributed by atoms with Crippen LogP contribution in [0.4, 0.5) is 5.69 Å². The van der Waals surface area contributed by atoms with Crippen LogP contribution in [0.2, 0.25) is 10.0 Å². The summed E-state index contributed by atoms with van der Waals surface area (Å²) < 4.78 is 0. The fourth-order valence-electron chi connectivity index (χ4n) is 2.95. The number of hydrogen-bond donors (Lipinski definition) is 1. The lowest BCUT2D eigenvalue weighted by atomic mass is 10.1. The molecule has 0 spiro atoms. The normalized spacial score (nSPS) is 17.8. The molecule has 1 saturated heterocycles. The number of rotatable bonds is 4. The molecule has 8 heteroatoms. The highest BCUT2D eigenvalue weighted by molar-refractivity contribution is 8.05. The standard InChI is InChI=1S/C21H17Cl2N3O2S/c1-12-6-8-14(9-7-12)26-20(28)17(10-13-4-3-5-16(22)18(13)23)29-21(26)15(11-24)19(27)25-2/h3-9,17H,10H2,1-2H3,(H,25,27)/b21-15+/t17-/m1/s1. The number of nitrogens with one attached hydrogen (secondary N) is 1. The van der Waals surface area contributed by atoms with E-state index in [0.29, 0.717) is 27.2 Å². The monoisotopic (exact) mass is 445 g/mol. The molecule has 3 rings (SSSR count). The Bertz CT molecular complexity index is 1040. The average molecular weight is 446 g/mol. The first-order chi connectivity index (χ1) is 13.9. The van der Waals surface area contributed by atoms with Crippen molar-refractivity contribution in [3.63, 3.8) is 0 Å². The van der Waals surface area contributed by atoms with Gasteiger partial charge in [-0.05, 0) is 37.1 Å². The second-order valence-electron chi connectivity index (χ2n) is 6.40. The van der Waals surface area contributed by atoms with Crippen LogP contribution in [0, 0.1) is 18.3 Å². The van der Waals surface area contributed by atoms with Gasteiger partial charge in [0.1, 0.15) is 16.7 Å². The lowest BCUT2D eigenvalue weighted by Crippen LogP contribution is -2.31. The number of aryl methyl sites for hydroxylation is 1.